The average Bonchev–Trinajstić information content (AvgIpc) is 2.88. The molecule has 0 radical (unpaired) electrons. The van der Waals surface area contributed by atoms with Crippen molar-refractivity contribution in [2.75, 3.05) is 20.1 Å². The van der Waals surface area contributed by atoms with E-state index >= 15 is 0 Å². The molecule has 0 unspecified atom stereocenters. The summed E-state index contributed by atoms with van der Waals surface area (Å²) in [5.41, 5.74) is 0.312. The van der Waals surface area contributed by atoms with Crippen molar-refractivity contribution >= 4 is 15.9 Å². The van der Waals surface area contributed by atoms with E-state index in [4.69, 9.17) is 4.52 Å². The molecule has 136 valence electrons. The van der Waals surface area contributed by atoms with Crippen LogP contribution in [0.3, 0.4) is 0 Å². The molecule has 0 atom stereocenters. The largest absolute Gasteiger partial charge is 0.360 e. The molecule has 1 aromatic rings. The minimum Gasteiger partial charge on any atom is -0.360 e. The third kappa shape index (κ3) is 3.80. The molecule has 2 rings (SSSR count). The lowest BCUT2D eigenvalue weighted by atomic mass is 9.94. The van der Waals surface area contributed by atoms with Gasteiger partial charge in [-0.3, -0.25) is 4.79 Å². The highest BCUT2D eigenvalue weighted by molar-refractivity contribution is 7.89. The highest BCUT2D eigenvalue weighted by atomic mass is 32.2. The Morgan fingerprint density at radius 2 is 1.88 bits per heavy atom. The quantitative estimate of drug-likeness (QED) is 0.778. The van der Waals surface area contributed by atoms with E-state index in [0.717, 1.165) is 30.0 Å². The van der Waals surface area contributed by atoms with Gasteiger partial charge in [0.15, 0.2) is 5.76 Å². The number of hydrogen-bond acceptors (Lipinski definition) is 5. The highest BCUT2D eigenvalue weighted by Crippen LogP contribution is 2.24. The molecule has 1 heterocycles. The van der Waals surface area contributed by atoms with Gasteiger partial charge in [0.05, 0.1) is 6.54 Å². The Morgan fingerprint density at radius 1 is 1.25 bits per heavy atom. The molecule has 0 spiro atoms. The number of carbonyl (C=O) groups excluding carboxylic acids is 1. The number of carbonyl (C=O) groups is 1. The summed E-state index contributed by atoms with van der Waals surface area (Å²) in [6.45, 7) is 5.51. The Labute approximate surface area is 144 Å². The van der Waals surface area contributed by atoms with Crippen molar-refractivity contribution in [3.8, 4) is 0 Å². The fourth-order valence-electron chi connectivity index (χ4n) is 3.40. The van der Waals surface area contributed by atoms with Gasteiger partial charge >= 0.3 is 0 Å². The molecule has 1 amide bonds. The summed E-state index contributed by atoms with van der Waals surface area (Å²) in [4.78, 5) is 14.5. The Balaban J connectivity index is 2.12. The fourth-order valence-corrected chi connectivity index (χ4v) is 4.80. The van der Waals surface area contributed by atoms with Gasteiger partial charge in [-0.05, 0) is 33.6 Å². The van der Waals surface area contributed by atoms with E-state index in [0.29, 0.717) is 12.2 Å². The van der Waals surface area contributed by atoms with Crippen molar-refractivity contribution in [3.63, 3.8) is 0 Å². The monoisotopic (exact) mass is 357 g/mol. The molecule has 1 fully saturated rings. The van der Waals surface area contributed by atoms with Crippen LogP contribution in [0.2, 0.25) is 0 Å². The number of rotatable bonds is 6. The van der Waals surface area contributed by atoms with Gasteiger partial charge in [0.2, 0.25) is 15.9 Å². The Hall–Kier alpha value is -1.41. The second-order valence-corrected chi connectivity index (χ2v) is 8.37. The van der Waals surface area contributed by atoms with Crippen LogP contribution in [0.4, 0.5) is 0 Å². The van der Waals surface area contributed by atoms with Crippen LogP contribution in [0.5, 0.6) is 0 Å². The zero-order valence-corrected chi connectivity index (χ0v) is 15.7. The van der Waals surface area contributed by atoms with Gasteiger partial charge in [-0.25, -0.2) is 8.42 Å². The zero-order chi connectivity index (χ0) is 17.9. The first-order valence-electron chi connectivity index (χ1n) is 8.47. The van der Waals surface area contributed by atoms with Gasteiger partial charge in [0.1, 0.15) is 10.6 Å². The second kappa shape index (κ2) is 7.65. The first-order valence-corrected chi connectivity index (χ1v) is 9.91. The maximum Gasteiger partial charge on any atom is 0.248 e. The van der Waals surface area contributed by atoms with Gasteiger partial charge in [-0.1, -0.05) is 24.4 Å². The number of nitrogens with zero attached hydrogens (tertiary/aromatic N) is 3. The lowest BCUT2D eigenvalue weighted by Crippen LogP contribution is -2.46. The van der Waals surface area contributed by atoms with Crippen LogP contribution in [-0.4, -0.2) is 54.9 Å². The molecule has 1 saturated carbocycles. The molecule has 8 heteroatoms. The van der Waals surface area contributed by atoms with E-state index in [2.05, 4.69) is 5.16 Å². The van der Waals surface area contributed by atoms with E-state index in [-0.39, 0.29) is 29.1 Å². The van der Waals surface area contributed by atoms with E-state index in [1.807, 2.05) is 11.8 Å². The molecule has 0 saturated heterocycles. The Morgan fingerprint density at radius 3 is 2.38 bits per heavy atom. The van der Waals surface area contributed by atoms with Gasteiger partial charge in [-0.2, -0.15) is 4.31 Å². The van der Waals surface area contributed by atoms with E-state index < -0.39 is 10.0 Å². The topological polar surface area (TPSA) is 83.7 Å². The highest BCUT2D eigenvalue weighted by Gasteiger charge is 2.32. The standard InChI is InChI=1S/C16H27N3O4S/c1-5-19(14-9-7-6-8-10-14)15(20)11-18(4)24(21,22)16-12(2)17-23-13(16)3/h14H,5-11H2,1-4H3. The summed E-state index contributed by atoms with van der Waals surface area (Å²) in [6, 6.07) is 0.228. The van der Waals surface area contributed by atoms with Crippen LogP contribution in [0.15, 0.2) is 9.42 Å². The molecular weight excluding hydrogens is 330 g/mol. The predicted molar refractivity (Wildman–Crippen MR) is 90.1 cm³/mol. The van der Waals surface area contributed by atoms with E-state index in [9.17, 15) is 13.2 Å². The fraction of sp³-hybridized carbons (Fsp3) is 0.750. The minimum absolute atomic E-state index is 0.0542. The van der Waals surface area contributed by atoms with Crippen LogP contribution in [-0.2, 0) is 14.8 Å². The van der Waals surface area contributed by atoms with Crippen molar-refractivity contribution in [2.45, 2.75) is 63.8 Å². The molecule has 1 aliphatic carbocycles. The first-order chi connectivity index (χ1) is 11.3. The summed E-state index contributed by atoms with van der Waals surface area (Å²) in [5, 5.41) is 3.69. The van der Waals surface area contributed by atoms with Crippen LogP contribution in [0.1, 0.15) is 50.5 Å². The summed E-state index contributed by atoms with van der Waals surface area (Å²) in [7, 11) is -2.37. The molecule has 1 aliphatic rings. The molecule has 0 aromatic carbocycles. The van der Waals surface area contributed by atoms with Crippen molar-refractivity contribution in [1.82, 2.24) is 14.4 Å². The molecule has 0 bridgehead atoms. The number of aryl methyl sites for hydroxylation is 2. The number of hydrogen-bond donors (Lipinski definition) is 0. The maximum absolute atomic E-state index is 12.7. The maximum atomic E-state index is 12.7. The SMILES string of the molecule is CCN(C(=O)CN(C)S(=O)(=O)c1c(C)noc1C)C1CCCCC1. The third-order valence-corrected chi connectivity index (χ3v) is 6.72. The van der Waals surface area contributed by atoms with Gasteiger partial charge < -0.3 is 9.42 Å². The number of sulfonamides is 1. The summed E-state index contributed by atoms with van der Waals surface area (Å²) >= 11 is 0. The van der Waals surface area contributed by atoms with E-state index in [1.54, 1.807) is 13.8 Å². The summed E-state index contributed by atoms with van der Waals surface area (Å²) in [5.74, 6) is 0.0914. The van der Waals surface area contributed by atoms with Crippen LogP contribution < -0.4 is 0 Å². The average molecular weight is 357 g/mol. The summed E-state index contributed by atoms with van der Waals surface area (Å²) < 4.78 is 31.5. The van der Waals surface area contributed by atoms with Crippen molar-refractivity contribution in [3.05, 3.63) is 11.5 Å². The van der Waals surface area contributed by atoms with Crippen LogP contribution in [0.25, 0.3) is 0 Å². The Bertz CT molecular complexity index is 658. The van der Waals surface area contributed by atoms with Crippen LogP contribution in [0, 0.1) is 13.8 Å². The zero-order valence-electron chi connectivity index (χ0n) is 14.9. The number of amides is 1. The molecule has 1 aromatic heterocycles. The molecule has 7 nitrogen and oxygen atoms in total. The number of likely N-dealkylation sites (N-methyl/N-ethyl adjacent to an activating group) is 2. The second-order valence-electron chi connectivity index (χ2n) is 6.39. The van der Waals surface area contributed by atoms with Gasteiger partial charge in [0.25, 0.3) is 0 Å². The number of aromatic nitrogens is 1. The predicted octanol–water partition coefficient (Wildman–Crippen LogP) is 2.09. The summed E-state index contributed by atoms with van der Waals surface area (Å²) in [6.07, 6.45) is 5.46. The normalized spacial score (nSPS) is 16.5. The third-order valence-electron chi connectivity index (χ3n) is 4.67. The van der Waals surface area contributed by atoms with E-state index in [1.165, 1.54) is 13.5 Å². The van der Waals surface area contributed by atoms with Crippen LogP contribution >= 0.6 is 0 Å². The molecule has 0 N–H and O–H groups in total. The van der Waals surface area contributed by atoms with Gasteiger partial charge in [0, 0.05) is 19.6 Å². The van der Waals surface area contributed by atoms with Crippen molar-refractivity contribution in [2.24, 2.45) is 0 Å². The Kier molecular flexibility index (Phi) is 6.03. The smallest absolute Gasteiger partial charge is 0.248 e. The molecular formula is C16H27N3O4S. The molecule has 24 heavy (non-hydrogen) atoms. The molecule has 0 aliphatic heterocycles. The minimum atomic E-state index is -3.79. The van der Waals surface area contributed by atoms with Gasteiger partial charge in [-0.15, -0.1) is 0 Å². The lowest BCUT2D eigenvalue weighted by Gasteiger charge is -2.34. The first kappa shape index (κ1) is 18.9. The van der Waals surface area contributed by atoms with Crippen molar-refractivity contribution < 1.29 is 17.7 Å². The van der Waals surface area contributed by atoms with Crippen molar-refractivity contribution in [1.29, 1.82) is 0 Å². The lowest BCUT2D eigenvalue weighted by molar-refractivity contribution is -0.133.